The molecule has 3 N–H and O–H groups in total. The van der Waals surface area contributed by atoms with Gasteiger partial charge in [-0.05, 0) is 37.1 Å². The standard InChI is InChI=1S/C17H21ClN4O2/c1-10(19)13-8-14(18)12-4-3-6-20-15(12)16(13)22-7-5-11(9-22)21(2)17(23)24/h3-4,6,8,10-11H,5,7,9,19H2,1-2H3,(H,23,24)/t10?,11-/m0/s1. The van der Waals surface area contributed by atoms with Gasteiger partial charge in [0.1, 0.15) is 0 Å². The minimum absolute atomic E-state index is 0.0436. The van der Waals surface area contributed by atoms with Crippen molar-refractivity contribution in [1.82, 2.24) is 9.88 Å². The summed E-state index contributed by atoms with van der Waals surface area (Å²) in [6.45, 7) is 3.30. The topological polar surface area (TPSA) is 82.7 Å². The molecule has 0 spiro atoms. The third-order valence-electron chi connectivity index (χ3n) is 4.66. The lowest BCUT2D eigenvalue weighted by Crippen LogP contribution is -2.38. The molecule has 1 saturated heterocycles. The highest BCUT2D eigenvalue weighted by Gasteiger charge is 2.31. The van der Waals surface area contributed by atoms with Gasteiger partial charge in [0, 0.05) is 37.8 Å². The van der Waals surface area contributed by atoms with Crippen LogP contribution in [0.15, 0.2) is 24.4 Å². The van der Waals surface area contributed by atoms with Crippen molar-refractivity contribution in [2.45, 2.75) is 25.4 Å². The van der Waals surface area contributed by atoms with Crippen LogP contribution in [0.25, 0.3) is 10.9 Å². The van der Waals surface area contributed by atoms with E-state index in [1.54, 1.807) is 13.2 Å². The predicted molar refractivity (Wildman–Crippen MR) is 95.8 cm³/mol. The highest BCUT2D eigenvalue weighted by molar-refractivity contribution is 6.36. The summed E-state index contributed by atoms with van der Waals surface area (Å²) in [6, 6.07) is 5.46. The van der Waals surface area contributed by atoms with E-state index >= 15 is 0 Å². The number of nitrogens with zero attached hydrogens (tertiary/aromatic N) is 3. The molecule has 1 fully saturated rings. The molecule has 6 nitrogen and oxygen atoms in total. The van der Waals surface area contributed by atoms with Gasteiger partial charge in [0.15, 0.2) is 0 Å². The molecule has 1 aromatic carbocycles. The Kier molecular flexibility index (Phi) is 4.51. The van der Waals surface area contributed by atoms with Gasteiger partial charge in [-0.25, -0.2) is 4.79 Å². The Morgan fingerprint density at radius 3 is 3.00 bits per heavy atom. The lowest BCUT2D eigenvalue weighted by atomic mass is 10.0. The van der Waals surface area contributed by atoms with Gasteiger partial charge < -0.3 is 20.6 Å². The van der Waals surface area contributed by atoms with E-state index in [4.69, 9.17) is 17.3 Å². The molecule has 0 saturated carbocycles. The van der Waals surface area contributed by atoms with E-state index < -0.39 is 6.09 Å². The van der Waals surface area contributed by atoms with Crippen LogP contribution < -0.4 is 10.6 Å². The molecule has 0 radical (unpaired) electrons. The Morgan fingerprint density at radius 2 is 2.33 bits per heavy atom. The third-order valence-corrected chi connectivity index (χ3v) is 4.98. The zero-order chi connectivity index (χ0) is 17.4. The molecule has 128 valence electrons. The third kappa shape index (κ3) is 2.87. The van der Waals surface area contributed by atoms with Crippen LogP contribution in [0.2, 0.25) is 5.02 Å². The average Bonchev–Trinajstić information content (AvgIpc) is 3.03. The molecule has 1 aliphatic heterocycles. The Bertz CT molecular complexity index is 781. The Morgan fingerprint density at radius 1 is 1.58 bits per heavy atom. The summed E-state index contributed by atoms with van der Waals surface area (Å²) in [6.07, 6.45) is 1.61. The second kappa shape index (κ2) is 6.45. The van der Waals surface area contributed by atoms with E-state index in [-0.39, 0.29) is 12.1 Å². The van der Waals surface area contributed by atoms with E-state index in [2.05, 4.69) is 9.88 Å². The Labute approximate surface area is 145 Å². The van der Waals surface area contributed by atoms with Gasteiger partial charge in [-0.2, -0.15) is 0 Å². The second-order valence-corrected chi connectivity index (χ2v) is 6.67. The van der Waals surface area contributed by atoms with Crippen molar-refractivity contribution in [3.63, 3.8) is 0 Å². The summed E-state index contributed by atoms with van der Waals surface area (Å²) < 4.78 is 0. The van der Waals surface area contributed by atoms with Crippen molar-refractivity contribution < 1.29 is 9.90 Å². The van der Waals surface area contributed by atoms with E-state index in [0.717, 1.165) is 35.1 Å². The van der Waals surface area contributed by atoms with Crippen molar-refractivity contribution in [3.05, 3.63) is 35.0 Å². The molecule has 2 atom stereocenters. The van der Waals surface area contributed by atoms with E-state index in [1.807, 2.05) is 25.1 Å². The van der Waals surface area contributed by atoms with Gasteiger partial charge >= 0.3 is 6.09 Å². The lowest BCUT2D eigenvalue weighted by molar-refractivity contribution is 0.142. The fraction of sp³-hybridized carbons (Fsp3) is 0.412. The van der Waals surface area contributed by atoms with Crippen molar-refractivity contribution in [2.75, 3.05) is 25.0 Å². The molecule has 24 heavy (non-hydrogen) atoms. The molecule has 1 amide bonds. The van der Waals surface area contributed by atoms with Crippen LogP contribution in [-0.2, 0) is 0 Å². The van der Waals surface area contributed by atoms with Crippen molar-refractivity contribution in [2.24, 2.45) is 5.73 Å². The van der Waals surface area contributed by atoms with Crippen molar-refractivity contribution in [3.8, 4) is 0 Å². The quantitative estimate of drug-likeness (QED) is 0.890. The lowest BCUT2D eigenvalue weighted by Gasteiger charge is -2.27. The van der Waals surface area contributed by atoms with Crippen LogP contribution in [0.3, 0.4) is 0 Å². The highest BCUT2D eigenvalue weighted by Crippen LogP contribution is 2.38. The first-order valence-corrected chi connectivity index (χ1v) is 8.31. The number of aromatic nitrogens is 1. The number of rotatable bonds is 3. The number of likely N-dealkylation sites (N-methyl/N-ethyl adjacent to an activating group) is 1. The number of amides is 1. The first kappa shape index (κ1) is 16.8. The summed E-state index contributed by atoms with van der Waals surface area (Å²) >= 11 is 6.41. The fourth-order valence-corrected chi connectivity index (χ4v) is 3.57. The van der Waals surface area contributed by atoms with E-state index in [0.29, 0.717) is 11.6 Å². The second-order valence-electron chi connectivity index (χ2n) is 6.27. The van der Waals surface area contributed by atoms with Crippen LogP contribution in [0.1, 0.15) is 24.9 Å². The maximum absolute atomic E-state index is 11.2. The summed E-state index contributed by atoms with van der Waals surface area (Å²) in [4.78, 5) is 19.3. The van der Waals surface area contributed by atoms with Crippen LogP contribution in [-0.4, -0.2) is 47.3 Å². The van der Waals surface area contributed by atoms with Crippen molar-refractivity contribution >= 4 is 34.3 Å². The van der Waals surface area contributed by atoms with Gasteiger partial charge in [-0.15, -0.1) is 0 Å². The minimum Gasteiger partial charge on any atom is -0.465 e. The number of hydrogen-bond donors (Lipinski definition) is 2. The van der Waals surface area contributed by atoms with Gasteiger partial charge in [0.25, 0.3) is 0 Å². The minimum atomic E-state index is -0.909. The maximum Gasteiger partial charge on any atom is 0.407 e. The molecule has 1 unspecified atom stereocenters. The average molecular weight is 349 g/mol. The molecular weight excluding hydrogens is 328 g/mol. The first-order chi connectivity index (χ1) is 11.4. The number of fused-ring (bicyclic) bond motifs is 1. The Balaban J connectivity index is 2.07. The van der Waals surface area contributed by atoms with Crippen LogP contribution in [0, 0.1) is 0 Å². The zero-order valence-electron chi connectivity index (χ0n) is 13.7. The first-order valence-electron chi connectivity index (χ1n) is 7.93. The molecule has 1 aliphatic rings. The van der Waals surface area contributed by atoms with Gasteiger partial charge in [0.05, 0.1) is 22.3 Å². The number of benzene rings is 1. The Hall–Kier alpha value is -2.05. The molecule has 7 heteroatoms. The molecule has 0 bridgehead atoms. The molecule has 2 aromatic rings. The molecule has 2 heterocycles. The van der Waals surface area contributed by atoms with E-state index in [9.17, 15) is 9.90 Å². The van der Waals surface area contributed by atoms with E-state index in [1.165, 1.54) is 4.90 Å². The summed E-state index contributed by atoms with van der Waals surface area (Å²) in [5, 5.41) is 10.7. The number of carbonyl (C=O) groups is 1. The molecule has 0 aliphatic carbocycles. The zero-order valence-corrected chi connectivity index (χ0v) is 14.5. The van der Waals surface area contributed by atoms with Crippen LogP contribution in [0.4, 0.5) is 10.5 Å². The summed E-state index contributed by atoms with van der Waals surface area (Å²) in [5.74, 6) is 0. The monoisotopic (exact) mass is 348 g/mol. The predicted octanol–water partition coefficient (Wildman–Crippen LogP) is 3.10. The number of pyridine rings is 1. The normalized spacial score (nSPS) is 18.8. The number of nitrogens with two attached hydrogens (primary N) is 1. The highest BCUT2D eigenvalue weighted by atomic mass is 35.5. The van der Waals surface area contributed by atoms with Crippen LogP contribution in [0.5, 0.6) is 0 Å². The van der Waals surface area contributed by atoms with Gasteiger partial charge in [0.2, 0.25) is 0 Å². The number of halogens is 1. The van der Waals surface area contributed by atoms with Gasteiger partial charge in [-0.1, -0.05) is 11.6 Å². The molecular formula is C17H21ClN4O2. The smallest absolute Gasteiger partial charge is 0.407 e. The number of carboxylic acid groups (broad SMARTS) is 1. The number of hydrogen-bond acceptors (Lipinski definition) is 4. The van der Waals surface area contributed by atoms with Gasteiger partial charge in [-0.3, -0.25) is 4.98 Å². The molecule has 1 aromatic heterocycles. The van der Waals surface area contributed by atoms with Crippen LogP contribution >= 0.6 is 11.6 Å². The molecule has 3 rings (SSSR count). The summed E-state index contributed by atoms with van der Waals surface area (Å²) in [7, 11) is 1.61. The number of anilines is 1. The largest absolute Gasteiger partial charge is 0.465 e. The summed E-state index contributed by atoms with van der Waals surface area (Å²) in [5.41, 5.74) is 8.88. The van der Waals surface area contributed by atoms with Crippen molar-refractivity contribution in [1.29, 1.82) is 0 Å². The maximum atomic E-state index is 11.2. The fourth-order valence-electron chi connectivity index (χ4n) is 3.30. The SMILES string of the molecule is CC(N)c1cc(Cl)c2cccnc2c1N1CC[C@H](N(C)C(=O)O)C1.